The number of aromatic amines is 1. The van der Waals surface area contributed by atoms with Crippen LogP contribution in [0.4, 0.5) is 0 Å². The molecule has 1 aliphatic rings. The van der Waals surface area contributed by atoms with Gasteiger partial charge in [-0.1, -0.05) is 42.5 Å². The molecule has 2 heterocycles. The van der Waals surface area contributed by atoms with Crippen molar-refractivity contribution in [2.45, 2.75) is 31.5 Å². The second kappa shape index (κ2) is 6.22. The molecule has 0 fully saturated rings. The Morgan fingerprint density at radius 2 is 2.04 bits per heavy atom. The van der Waals surface area contributed by atoms with Crippen LogP contribution < -0.4 is 16.7 Å². The molecule has 25 heavy (non-hydrogen) atoms. The second-order valence-corrected chi connectivity index (χ2v) is 6.56. The van der Waals surface area contributed by atoms with Gasteiger partial charge in [0.1, 0.15) is 0 Å². The summed E-state index contributed by atoms with van der Waals surface area (Å²) >= 11 is 0. The zero-order chi connectivity index (χ0) is 17.4. The van der Waals surface area contributed by atoms with E-state index < -0.39 is 6.04 Å². The summed E-state index contributed by atoms with van der Waals surface area (Å²) in [7, 11) is 0. The summed E-state index contributed by atoms with van der Waals surface area (Å²) in [5, 5.41) is 3.00. The quantitative estimate of drug-likeness (QED) is 0.662. The van der Waals surface area contributed by atoms with Gasteiger partial charge in [-0.2, -0.15) is 0 Å². The average molecular weight is 336 g/mol. The van der Waals surface area contributed by atoms with Gasteiger partial charge in [0.25, 0.3) is 0 Å². The molecule has 128 valence electrons. The molecule has 0 saturated carbocycles. The number of aromatic nitrogens is 2. The first-order valence-corrected chi connectivity index (χ1v) is 8.42. The van der Waals surface area contributed by atoms with Crippen molar-refractivity contribution in [3.05, 3.63) is 70.1 Å². The third-order valence-corrected chi connectivity index (χ3v) is 4.73. The van der Waals surface area contributed by atoms with Crippen LogP contribution in [0.2, 0.25) is 0 Å². The molecule has 0 bridgehead atoms. The predicted octanol–water partition coefficient (Wildman–Crippen LogP) is 0.940. The number of nitrogens with one attached hydrogen (secondary N) is 2. The number of H-pyrrole nitrogens is 1. The summed E-state index contributed by atoms with van der Waals surface area (Å²) in [5.74, 6) is -0.187. The molecule has 2 atom stereocenters. The first-order valence-electron chi connectivity index (χ1n) is 8.42. The van der Waals surface area contributed by atoms with Crippen molar-refractivity contribution in [1.29, 1.82) is 0 Å². The van der Waals surface area contributed by atoms with Crippen LogP contribution in [-0.4, -0.2) is 27.5 Å². The van der Waals surface area contributed by atoms with Crippen LogP contribution in [0.3, 0.4) is 0 Å². The maximum absolute atomic E-state index is 12.5. The normalized spacial score (nSPS) is 17.4. The molecule has 2 aromatic carbocycles. The summed E-state index contributed by atoms with van der Waals surface area (Å²) in [6, 6.07) is 14.8. The van der Waals surface area contributed by atoms with E-state index in [1.807, 2.05) is 48.5 Å². The average Bonchev–Trinajstić information content (AvgIpc) is 2.93. The fraction of sp³-hybridized carbons (Fsp3) is 0.263. The highest BCUT2D eigenvalue weighted by Crippen LogP contribution is 2.22. The summed E-state index contributed by atoms with van der Waals surface area (Å²) in [5.41, 5.74) is 9.78. The molecular weight excluding hydrogens is 316 g/mol. The molecule has 0 aliphatic carbocycles. The number of rotatable bonds is 4. The lowest BCUT2D eigenvalue weighted by molar-refractivity contribution is -0.123. The lowest BCUT2D eigenvalue weighted by Crippen LogP contribution is -2.50. The smallest absolute Gasteiger partial charge is 0.326 e. The summed E-state index contributed by atoms with van der Waals surface area (Å²) < 4.78 is 1.70. The summed E-state index contributed by atoms with van der Waals surface area (Å²) in [4.78, 5) is 27.5. The van der Waals surface area contributed by atoms with E-state index in [2.05, 4.69) is 10.3 Å². The highest BCUT2D eigenvalue weighted by Gasteiger charge is 2.25. The zero-order valence-corrected chi connectivity index (χ0v) is 13.7. The van der Waals surface area contributed by atoms with Gasteiger partial charge in [0.05, 0.1) is 23.1 Å². The van der Waals surface area contributed by atoms with E-state index in [0.29, 0.717) is 19.4 Å². The van der Waals surface area contributed by atoms with Gasteiger partial charge in [-0.15, -0.1) is 0 Å². The minimum Gasteiger partial charge on any atom is -0.350 e. The number of hydrogen-bond donors (Lipinski definition) is 3. The van der Waals surface area contributed by atoms with Crippen molar-refractivity contribution in [3.8, 4) is 0 Å². The monoisotopic (exact) mass is 336 g/mol. The number of amides is 1. The Morgan fingerprint density at radius 1 is 1.24 bits per heavy atom. The third-order valence-electron chi connectivity index (χ3n) is 4.73. The van der Waals surface area contributed by atoms with Crippen molar-refractivity contribution >= 4 is 16.9 Å². The number of para-hydroxylation sites is 1. The van der Waals surface area contributed by atoms with E-state index in [0.717, 1.165) is 22.2 Å². The van der Waals surface area contributed by atoms with Gasteiger partial charge in [0.2, 0.25) is 5.91 Å². The van der Waals surface area contributed by atoms with Crippen molar-refractivity contribution < 1.29 is 4.79 Å². The summed E-state index contributed by atoms with van der Waals surface area (Å²) in [6.45, 7) is 0.458. The molecule has 0 spiro atoms. The van der Waals surface area contributed by atoms with Crippen LogP contribution in [0, 0.1) is 0 Å². The number of nitrogens with zero attached hydrogens (tertiary/aromatic N) is 1. The Bertz CT molecular complexity index is 974. The molecule has 0 saturated heterocycles. The molecule has 3 aromatic rings. The van der Waals surface area contributed by atoms with E-state index in [1.54, 1.807) is 4.57 Å². The fourth-order valence-electron chi connectivity index (χ4n) is 3.55. The van der Waals surface area contributed by atoms with E-state index in [9.17, 15) is 9.59 Å². The van der Waals surface area contributed by atoms with E-state index >= 15 is 0 Å². The Hall–Kier alpha value is -2.86. The zero-order valence-electron chi connectivity index (χ0n) is 13.7. The first kappa shape index (κ1) is 15.7. The maximum atomic E-state index is 12.5. The predicted molar refractivity (Wildman–Crippen MR) is 96.3 cm³/mol. The van der Waals surface area contributed by atoms with E-state index in [1.165, 1.54) is 0 Å². The molecule has 6 nitrogen and oxygen atoms in total. The Balaban J connectivity index is 1.48. The highest BCUT2D eigenvalue weighted by molar-refractivity contribution is 5.83. The molecule has 1 unspecified atom stereocenters. The van der Waals surface area contributed by atoms with Crippen molar-refractivity contribution in [2.24, 2.45) is 5.73 Å². The van der Waals surface area contributed by atoms with Crippen LogP contribution in [0.1, 0.15) is 11.1 Å². The molecule has 1 aromatic heterocycles. The molecule has 1 aliphatic heterocycles. The minimum absolute atomic E-state index is 0.138. The minimum atomic E-state index is -0.609. The number of benzene rings is 2. The van der Waals surface area contributed by atoms with Crippen LogP contribution in [-0.2, 0) is 24.2 Å². The first-order chi connectivity index (χ1) is 12.1. The molecule has 6 heteroatoms. The van der Waals surface area contributed by atoms with Crippen molar-refractivity contribution in [3.63, 3.8) is 0 Å². The van der Waals surface area contributed by atoms with Gasteiger partial charge in [-0.25, -0.2) is 4.79 Å². The van der Waals surface area contributed by atoms with Crippen LogP contribution in [0.15, 0.2) is 53.3 Å². The number of hydrogen-bond acceptors (Lipinski definition) is 3. The standard InChI is InChI=1S/C19H20N4O2/c20-15(9-12-5-2-1-3-6-12)18(24)21-14-10-13-7-4-8-16-17(13)23(11-14)19(25)22-16/h1-8,14-15H,9-11,20H2,(H,21,24)(H,22,25)/t14?,15-/m0/s1. The van der Waals surface area contributed by atoms with Crippen molar-refractivity contribution in [2.75, 3.05) is 0 Å². The maximum Gasteiger partial charge on any atom is 0.326 e. The molecule has 1 amide bonds. The van der Waals surface area contributed by atoms with Gasteiger partial charge in [0.15, 0.2) is 0 Å². The van der Waals surface area contributed by atoms with Gasteiger partial charge < -0.3 is 16.0 Å². The molecule has 4 N–H and O–H groups in total. The molecule has 0 radical (unpaired) electrons. The number of carbonyl (C=O) groups excluding carboxylic acids is 1. The van der Waals surface area contributed by atoms with Gasteiger partial charge >= 0.3 is 5.69 Å². The molecular formula is C19H20N4O2. The van der Waals surface area contributed by atoms with Crippen LogP contribution in [0.5, 0.6) is 0 Å². The Morgan fingerprint density at radius 3 is 2.84 bits per heavy atom. The molecule has 4 rings (SSSR count). The van der Waals surface area contributed by atoms with Crippen molar-refractivity contribution in [1.82, 2.24) is 14.9 Å². The topological polar surface area (TPSA) is 92.9 Å². The van der Waals surface area contributed by atoms with Gasteiger partial charge in [-0.05, 0) is 30.0 Å². The van der Waals surface area contributed by atoms with Crippen LogP contribution in [0.25, 0.3) is 11.0 Å². The second-order valence-electron chi connectivity index (χ2n) is 6.56. The number of nitrogens with two attached hydrogens (primary N) is 1. The number of imidazole rings is 1. The van der Waals surface area contributed by atoms with Gasteiger partial charge in [0, 0.05) is 6.54 Å². The number of carbonyl (C=O) groups is 1. The van der Waals surface area contributed by atoms with Crippen LogP contribution >= 0.6 is 0 Å². The largest absolute Gasteiger partial charge is 0.350 e. The lowest BCUT2D eigenvalue weighted by Gasteiger charge is -2.26. The Kier molecular flexibility index (Phi) is 3.89. The highest BCUT2D eigenvalue weighted by atomic mass is 16.2. The van der Waals surface area contributed by atoms with Gasteiger partial charge in [-0.3, -0.25) is 9.36 Å². The van der Waals surface area contributed by atoms with E-state index in [-0.39, 0.29) is 17.6 Å². The summed E-state index contributed by atoms with van der Waals surface area (Å²) in [6.07, 6.45) is 1.18. The lowest BCUT2D eigenvalue weighted by atomic mass is 9.99. The third kappa shape index (κ3) is 2.96. The fourth-order valence-corrected chi connectivity index (χ4v) is 3.55. The SMILES string of the molecule is N[C@@H](Cc1ccccc1)C(=O)NC1Cc2cccc3[nH]c(=O)n(c23)C1. The van der Waals surface area contributed by atoms with E-state index in [4.69, 9.17) is 5.73 Å². The Labute approximate surface area is 144 Å².